The second kappa shape index (κ2) is 16.9. The molecule has 1 aliphatic rings. The Morgan fingerprint density at radius 2 is 1.54 bits per heavy atom. The fourth-order valence-electron chi connectivity index (χ4n) is 6.28. The van der Waals surface area contributed by atoms with Crippen molar-refractivity contribution in [3.8, 4) is 46.2 Å². The Morgan fingerprint density at radius 3 is 2.24 bits per heavy atom. The van der Waals surface area contributed by atoms with E-state index in [0.29, 0.717) is 37.9 Å². The number of hydrogen-bond donors (Lipinski definition) is 3. The molecule has 12 heteroatoms. The zero-order chi connectivity index (χ0) is 38.4. The molecule has 0 unspecified atom stereocenters. The SMILES string of the molecule is C[C@](CO)(CCc1cc(Cl)c(OCc2cccc(-c3cccc(-c4ccc5c(c4)CNCC5)c3Cl)c2Cl)nc1OCc1cc(C#N)cc(C#N)c1)C(=O)O. The third-order valence-electron chi connectivity index (χ3n) is 9.56. The van der Waals surface area contributed by atoms with Crippen LogP contribution in [-0.2, 0) is 37.4 Å². The van der Waals surface area contributed by atoms with Crippen LogP contribution in [-0.4, -0.2) is 34.3 Å². The summed E-state index contributed by atoms with van der Waals surface area (Å²) in [6.07, 6.45) is 1.21. The third-order valence-corrected chi connectivity index (χ3v) is 10.7. The molecule has 274 valence electrons. The molecule has 2 heterocycles. The van der Waals surface area contributed by atoms with Crippen molar-refractivity contribution < 1.29 is 24.5 Å². The van der Waals surface area contributed by atoms with Crippen molar-refractivity contribution >= 4 is 40.8 Å². The second-order valence-corrected chi connectivity index (χ2v) is 14.5. The van der Waals surface area contributed by atoms with Crippen LogP contribution < -0.4 is 14.8 Å². The number of benzene rings is 4. The maximum atomic E-state index is 11.9. The highest BCUT2D eigenvalue weighted by molar-refractivity contribution is 6.38. The maximum Gasteiger partial charge on any atom is 0.311 e. The second-order valence-electron chi connectivity index (χ2n) is 13.3. The molecule has 5 aromatic rings. The summed E-state index contributed by atoms with van der Waals surface area (Å²) < 4.78 is 12.2. The largest absolute Gasteiger partial charge is 0.481 e. The molecule has 0 radical (unpaired) electrons. The van der Waals surface area contributed by atoms with Crippen LogP contribution in [0.5, 0.6) is 11.8 Å². The molecule has 0 amide bonds. The summed E-state index contributed by atoms with van der Waals surface area (Å²) in [7, 11) is 0. The quantitative estimate of drug-likeness (QED) is 0.106. The number of carboxylic acid groups (broad SMARTS) is 1. The monoisotopic (exact) mass is 780 g/mol. The summed E-state index contributed by atoms with van der Waals surface area (Å²) in [5, 5.41) is 43.0. The van der Waals surface area contributed by atoms with Crippen molar-refractivity contribution in [3.63, 3.8) is 0 Å². The number of rotatable bonds is 13. The van der Waals surface area contributed by atoms with Crippen LogP contribution >= 0.6 is 34.8 Å². The number of fused-ring (bicyclic) bond motifs is 1. The molecule has 9 nitrogen and oxygen atoms in total. The number of aromatic nitrogens is 1. The Balaban J connectivity index is 1.27. The summed E-state index contributed by atoms with van der Waals surface area (Å²) in [5.74, 6) is -0.986. The number of ether oxygens (including phenoxy) is 2. The van der Waals surface area contributed by atoms with E-state index >= 15 is 0 Å². The highest BCUT2D eigenvalue weighted by Gasteiger charge is 2.32. The number of aryl methyl sites for hydroxylation is 1. The van der Waals surface area contributed by atoms with Gasteiger partial charge in [-0.1, -0.05) is 83.3 Å². The van der Waals surface area contributed by atoms with E-state index < -0.39 is 18.0 Å². The van der Waals surface area contributed by atoms with E-state index in [2.05, 4.69) is 28.5 Å². The van der Waals surface area contributed by atoms with Crippen molar-refractivity contribution in [2.24, 2.45) is 5.41 Å². The number of carbonyl (C=O) groups is 1. The smallest absolute Gasteiger partial charge is 0.311 e. The molecule has 3 N–H and O–H groups in total. The van der Waals surface area contributed by atoms with Gasteiger partial charge < -0.3 is 25.0 Å². The van der Waals surface area contributed by atoms with E-state index in [4.69, 9.17) is 44.3 Å². The van der Waals surface area contributed by atoms with E-state index in [1.54, 1.807) is 18.2 Å². The average molecular weight is 782 g/mol. The van der Waals surface area contributed by atoms with Crippen molar-refractivity contribution in [1.29, 1.82) is 10.5 Å². The molecule has 0 aliphatic carbocycles. The number of aliphatic hydroxyl groups excluding tert-OH is 1. The molecule has 1 aromatic heterocycles. The van der Waals surface area contributed by atoms with Gasteiger partial charge in [0, 0.05) is 34.4 Å². The summed E-state index contributed by atoms with van der Waals surface area (Å²) in [6, 6.07) is 28.3. The van der Waals surface area contributed by atoms with Gasteiger partial charge in [-0.2, -0.15) is 15.5 Å². The number of nitrogens with zero attached hydrogens (tertiary/aromatic N) is 3. The minimum Gasteiger partial charge on any atom is -0.481 e. The van der Waals surface area contributed by atoms with Gasteiger partial charge in [0.25, 0.3) is 0 Å². The van der Waals surface area contributed by atoms with Crippen molar-refractivity contribution in [2.45, 2.75) is 45.9 Å². The number of aliphatic carboxylic acids is 1. The number of nitrogens with one attached hydrogen (secondary N) is 1. The highest BCUT2D eigenvalue weighted by atomic mass is 35.5. The standard InChI is InChI=1S/C42H35Cl3N4O5/c1-42(24-50,41(51)52)12-10-30-18-36(43)40(49-39(30)53-22-27-15-25(19-46)14-26(16-27)20-47)54-23-31-4-2-6-34(37(31)44)35-7-3-5-33(38(35)45)29-9-8-28-11-13-48-21-32(28)17-29/h2-9,14-18,48,50H,10-13,21-24H2,1H3,(H,51,52)/t42-/m1/s1. The molecule has 0 spiro atoms. The Labute approximate surface area is 328 Å². The molecule has 4 aromatic carbocycles. The van der Waals surface area contributed by atoms with Crippen LogP contribution in [0.1, 0.15) is 52.3 Å². The van der Waals surface area contributed by atoms with Crippen LogP contribution in [0, 0.1) is 28.1 Å². The van der Waals surface area contributed by atoms with Gasteiger partial charge in [0.15, 0.2) is 0 Å². The van der Waals surface area contributed by atoms with Crippen LogP contribution in [0.25, 0.3) is 22.3 Å². The van der Waals surface area contributed by atoms with Gasteiger partial charge in [-0.05, 0) is 85.3 Å². The number of hydrogen-bond acceptors (Lipinski definition) is 8. The molecule has 1 aliphatic heterocycles. The molecular formula is C42H35Cl3N4O5. The average Bonchev–Trinajstić information content (AvgIpc) is 3.19. The summed E-state index contributed by atoms with van der Waals surface area (Å²) in [5.41, 5.74) is 6.88. The van der Waals surface area contributed by atoms with Crippen molar-refractivity contribution in [1.82, 2.24) is 10.3 Å². The molecule has 54 heavy (non-hydrogen) atoms. The first-order valence-electron chi connectivity index (χ1n) is 17.2. The van der Waals surface area contributed by atoms with Gasteiger partial charge >= 0.3 is 5.97 Å². The van der Waals surface area contributed by atoms with Crippen LogP contribution in [0.4, 0.5) is 0 Å². The van der Waals surface area contributed by atoms with E-state index in [1.807, 2.05) is 48.5 Å². The topological polar surface area (TPSA) is 148 Å². The molecule has 1 atom stereocenters. The molecular weight excluding hydrogens is 747 g/mol. The van der Waals surface area contributed by atoms with Gasteiger partial charge in [-0.3, -0.25) is 4.79 Å². The Hall–Kier alpha value is -5.13. The maximum absolute atomic E-state index is 11.9. The minimum absolute atomic E-state index is 0.00927. The molecule has 6 rings (SSSR count). The number of carboxylic acids is 1. The number of nitriles is 2. The van der Waals surface area contributed by atoms with E-state index in [9.17, 15) is 25.5 Å². The highest BCUT2D eigenvalue weighted by Crippen LogP contribution is 2.41. The lowest BCUT2D eigenvalue weighted by molar-refractivity contribution is -0.150. The molecule has 0 saturated carbocycles. The van der Waals surface area contributed by atoms with Gasteiger partial charge in [0.1, 0.15) is 18.2 Å². The lowest BCUT2D eigenvalue weighted by Crippen LogP contribution is -2.32. The predicted molar refractivity (Wildman–Crippen MR) is 208 cm³/mol. The minimum atomic E-state index is -1.41. The summed E-state index contributed by atoms with van der Waals surface area (Å²) in [6.45, 7) is 2.60. The Bertz CT molecular complexity index is 2290. The number of aliphatic hydroxyl groups is 1. The first-order valence-corrected chi connectivity index (χ1v) is 18.3. The van der Waals surface area contributed by atoms with E-state index in [-0.39, 0.29) is 42.8 Å². The molecule has 0 fully saturated rings. The lowest BCUT2D eigenvalue weighted by Gasteiger charge is -2.22. The van der Waals surface area contributed by atoms with Crippen molar-refractivity contribution in [3.05, 3.63) is 133 Å². The zero-order valence-corrected chi connectivity index (χ0v) is 31.5. The predicted octanol–water partition coefficient (Wildman–Crippen LogP) is 8.94. The fraction of sp³-hybridized carbons (Fsp3) is 0.238. The number of pyridine rings is 1. The van der Waals surface area contributed by atoms with Gasteiger partial charge in [0.05, 0.1) is 45.3 Å². The van der Waals surface area contributed by atoms with Gasteiger partial charge in [-0.15, -0.1) is 0 Å². The first-order chi connectivity index (χ1) is 26.0. The van der Waals surface area contributed by atoms with Crippen LogP contribution in [0.2, 0.25) is 15.1 Å². The van der Waals surface area contributed by atoms with E-state index in [0.717, 1.165) is 41.8 Å². The summed E-state index contributed by atoms with van der Waals surface area (Å²) >= 11 is 20.8. The fourth-order valence-corrected chi connectivity index (χ4v) is 7.12. The third kappa shape index (κ3) is 8.48. The zero-order valence-electron chi connectivity index (χ0n) is 29.3. The molecule has 0 saturated heterocycles. The Kier molecular flexibility index (Phi) is 12.1. The Morgan fingerprint density at radius 1 is 0.852 bits per heavy atom. The first kappa shape index (κ1) is 38.6. The lowest BCUT2D eigenvalue weighted by atomic mass is 9.85. The molecule has 0 bridgehead atoms. The van der Waals surface area contributed by atoms with Crippen molar-refractivity contribution in [2.75, 3.05) is 13.2 Å². The van der Waals surface area contributed by atoms with Gasteiger partial charge in [0.2, 0.25) is 11.8 Å². The van der Waals surface area contributed by atoms with Crippen LogP contribution in [0.3, 0.4) is 0 Å². The normalized spacial score (nSPS) is 13.2. The van der Waals surface area contributed by atoms with Crippen LogP contribution in [0.15, 0.2) is 78.9 Å². The number of halogens is 3. The summed E-state index contributed by atoms with van der Waals surface area (Å²) in [4.78, 5) is 16.5. The van der Waals surface area contributed by atoms with E-state index in [1.165, 1.54) is 24.1 Å². The van der Waals surface area contributed by atoms with Gasteiger partial charge in [-0.25, -0.2) is 0 Å².